The van der Waals surface area contributed by atoms with E-state index in [2.05, 4.69) is 5.32 Å². The van der Waals surface area contributed by atoms with Gasteiger partial charge >= 0.3 is 5.97 Å². The molecular weight excluding hydrogens is 266 g/mol. The van der Waals surface area contributed by atoms with Crippen molar-refractivity contribution >= 4 is 11.7 Å². The van der Waals surface area contributed by atoms with E-state index in [9.17, 15) is 9.90 Å². The number of benzene rings is 2. The van der Waals surface area contributed by atoms with E-state index in [1.165, 1.54) is 7.11 Å². The van der Waals surface area contributed by atoms with Crippen LogP contribution in [0, 0.1) is 6.92 Å². The smallest absolute Gasteiger partial charge is 0.337 e. The van der Waals surface area contributed by atoms with Crippen LogP contribution >= 0.6 is 0 Å². The summed E-state index contributed by atoms with van der Waals surface area (Å²) < 4.78 is 4.71. The zero-order chi connectivity index (χ0) is 15.4. The number of hydrogen-bond donors (Lipinski definition) is 2. The Morgan fingerprint density at radius 2 is 2.00 bits per heavy atom. The van der Waals surface area contributed by atoms with E-state index in [1.807, 2.05) is 32.0 Å². The molecule has 0 heterocycles. The van der Waals surface area contributed by atoms with Crippen LogP contribution in [-0.2, 0) is 4.74 Å². The maximum atomic E-state index is 11.5. The third-order valence-electron chi connectivity index (χ3n) is 3.32. The molecule has 0 amide bonds. The Balaban J connectivity index is 2.19. The van der Waals surface area contributed by atoms with Crippen molar-refractivity contribution in [1.82, 2.24) is 0 Å². The van der Waals surface area contributed by atoms with Gasteiger partial charge in [-0.2, -0.15) is 0 Å². The number of phenols is 1. The molecule has 4 nitrogen and oxygen atoms in total. The number of rotatable bonds is 4. The Hall–Kier alpha value is -2.49. The fourth-order valence-corrected chi connectivity index (χ4v) is 2.20. The zero-order valence-electron chi connectivity index (χ0n) is 12.4. The largest absolute Gasteiger partial charge is 0.508 e. The van der Waals surface area contributed by atoms with Crippen LogP contribution in [0.25, 0.3) is 0 Å². The minimum Gasteiger partial charge on any atom is -0.508 e. The van der Waals surface area contributed by atoms with Gasteiger partial charge in [0.1, 0.15) is 5.75 Å². The minimum atomic E-state index is -0.371. The fourth-order valence-electron chi connectivity index (χ4n) is 2.20. The molecule has 110 valence electrons. The summed E-state index contributed by atoms with van der Waals surface area (Å²) in [6.07, 6.45) is 0. The van der Waals surface area contributed by atoms with Crippen molar-refractivity contribution in [2.24, 2.45) is 0 Å². The first-order valence-electron chi connectivity index (χ1n) is 6.75. The predicted octanol–water partition coefficient (Wildman–Crippen LogP) is 3.66. The Morgan fingerprint density at radius 3 is 2.67 bits per heavy atom. The molecule has 0 bridgehead atoms. The van der Waals surface area contributed by atoms with Gasteiger partial charge in [-0.05, 0) is 43.7 Å². The maximum Gasteiger partial charge on any atom is 0.337 e. The van der Waals surface area contributed by atoms with E-state index in [-0.39, 0.29) is 17.8 Å². The highest BCUT2D eigenvalue weighted by atomic mass is 16.5. The molecule has 0 aliphatic carbocycles. The number of aryl methyl sites for hydroxylation is 1. The second-order valence-corrected chi connectivity index (χ2v) is 5.00. The van der Waals surface area contributed by atoms with Gasteiger partial charge in [0, 0.05) is 11.3 Å². The molecule has 2 rings (SSSR count). The highest BCUT2D eigenvalue weighted by Crippen LogP contribution is 2.28. The van der Waals surface area contributed by atoms with E-state index in [4.69, 9.17) is 4.74 Å². The minimum absolute atomic E-state index is 0.0847. The molecule has 0 aromatic heterocycles. The Morgan fingerprint density at radius 1 is 1.24 bits per heavy atom. The van der Waals surface area contributed by atoms with E-state index in [0.717, 1.165) is 16.8 Å². The van der Waals surface area contributed by atoms with Gasteiger partial charge in [-0.3, -0.25) is 0 Å². The second-order valence-electron chi connectivity index (χ2n) is 5.00. The van der Waals surface area contributed by atoms with Gasteiger partial charge < -0.3 is 15.2 Å². The third-order valence-corrected chi connectivity index (χ3v) is 3.32. The molecule has 2 N–H and O–H groups in total. The molecule has 0 saturated carbocycles. The molecular formula is C17H19NO3. The van der Waals surface area contributed by atoms with Gasteiger partial charge in [0.15, 0.2) is 0 Å². The van der Waals surface area contributed by atoms with E-state index < -0.39 is 0 Å². The van der Waals surface area contributed by atoms with Crippen molar-refractivity contribution in [2.75, 3.05) is 12.4 Å². The van der Waals surface area contributed by atoms with Crippen LogP contribution in [0.1, 0.15) is 34.5 Å². The number of carbonyl (C=O) groups excluding carboxylic acids is 1. The van der Waals surface area contributed by atoms with Crippen LogP contribution in [0.2, 0.25) is 0 Å². The van der Waals surface area contributed by atoms with Crippen molar-refractivity contribution in [3.05, 3.63) is 59.2 Å². The molecule has 1 atom stereocenters. The van der Waals surface area contributed by atoms with E-state index >= 15 is 0 Å². The van der Waals surface area contributed by atoms with Gasteiger partial charge in [-0.25, -0.2) is 4.79 Å². The van der Waals surface area contributed by atoms with Crippen LogP contribution in [0.3, 0.4) is 0 Å². The molecule has 21 heavy (non-hydrogen) atoms. The number of aromatic hydroxyl groups is 1. The van der Waals surface area contributed by atoms with Crippen molar-refractivity contribution in [3.63, 3.8) is 0 Å². The van der Waals surface area contributed by atoms with Crippen LogP contribution in [0.4, 0.5) is 5.69 Å². The lowest BCUT2D eigenvalue weighted by Crippen LogP contribution is -2.08. The number of methoxy groups -OCH3 is 1. The highest BCUT2D eigenvalue weighted by Gasteiger charge is 2.11. The average molecular weight is 285 g/mol. The molecule has 1 unspecified atom stereocenters. The number of nitrogens with one attached hydrogen (secondary N) is 1. The summed E-state index contributed by atoms with van der Waals surface area (Å²) >= 11 is 0. The molecule has 2 aromatic rings. The maximum absolute atomic E-state index is 11.5. The predicted molar refractivity (Wildman–Crippen MR) is 82.7 cm³/mol. The van der Waals surface area contributed by atoms with Crippen molar-refractivity contribution < 1.29 is 14.6 Å². The van der Waals surface area contributed by atoms with Crippen LogP contribution in [-0.4, -0.2) is 18.2 Å². The highest BCUT2D eigenvalue weighted by molar-refractivity contribution is 5.90. The van der Waals surface area contributed by atoms with Crippen molar-refractivity contribution in [3.8, 4) is 5.75 Å². The first-order chi connectivity index (χ1) is 10.0. The lowest BCUT2D eigenvalue weighted by molar-refractivity contribution is 0.0601. The summed E-state index contributed by atoms with van der Waals surface area (Å²) in [5.41, 5.74) is 3.11. The fraction of sp³-hybridized carbons (Fsp3) is 0.235. The van der Waals surface area contributed by atoms with Gasteiger partial charge in [0.25, 0.3) is 0 Å². The number of phenolic OH excluding ortho intramolecular Hbond substituents is 1. The van der Waals surface area contributed by atoms with Gasteiger partial charge in [-0.15, -0.1) is 0 Å². The summed E-state index contributed by atoms with van der Waals surface area (Å²) in [5, 5.41) is 13.3. The quantitative estimate of drug-likeness (QED) is 0.842. The van der Waals surface area contributed by atoms with E-state index in [1.54, 1.807) is 24.3 Å². The van der Waals surface area contributed by atoms with Crippen molar-refractivity contribution in [1.29, 1.82) is 0 Å². The Labute approximate surface area is 124 Å². The van der Waals surface area contributed by atoms with Crippen LogP contribution in [0.5, 0.6) is 5.75 Å². The molecule has 0 saturated heterocycles. The Bertz CT molecular complexity index is 652. The van der Waals surface area contributed by atoms with Crippen LogP contribution < -0.4 is 5.32 Å². The SMILES string of the molecule is COC(=O)c1cccc(NC(C)c2ccc(C)cc2O)c1. The molecule has 0 spiro atoms. The summed E-state index contributed by atoms with van der Waals surface area (Å²) in [6, 6.07) is 12.6. The van der Waals surface area contributed by atoms with E-state index in [0.29, 0.717) is 5.56 Å². The summed E-state index contributed by atoms with van der Waals surface area (Å²) in [5.74, 6) is -0.108. The molecule has 0 aliphatic heterocycles. The lowest BCUT2D eigenvalue weighted by Gasteiger charge is -2.17. The first kappa shape index (κ1) is 14.9. The third kappa shape index (κ3) is 3.54. The number of carbonyl (C=O) groups is 1. The normalized spacial score (nSPS) is 11.8. The molecule has 4 heteroatoms. The van der Waals surface area contributed by atoms with Gasteiger partial charge in [0.05, 0.1) is 18.7 Å². The number of ether oxygens (including phenoxy) is 1. The molecule has 0 fully saturated rings. The number of hydrogen-bond acceptors (Lipinski definition) is 4. The first-order valence-corrected chi connectivity index (χ1v) is 6.75. The molecule has 2 aromatic carbocycles. The lowest BCUT2D eigenvalue weighted by atomic mass is 10.0. The standard InChI is InChI=1S/C17H19NO3/c1-11-7-8-15(16(19)9-11)12(2)18-14-6-4-5-13(10-14)17(20)21-3/h4-10,12,18-19H,1-3H3. The van der Waals surface area contributed by atoms with Crippen LogP contribution in [0.15, 0.2) is 42.5 Å². The van der Waals surface area contributed by atoms with Gasteiger partial charge in [-0.1, -0.05) is 18.2 Å². The topological polar surface area (TPSA) is 58.6 Å². The summed E-state index contributed by atoms with van der Waals surface area (Å²) in [7, 11) is 1.36. The Kier molecular flexibility index (Phi) is 4.48. The average Bonchev–Trinajstić information content (AvgIpc) is 2.46. The second kappa shape index (κ2) is 6.31. The van der Waals surface area contributed by atoms with Crippen molar-refractivity contribution in [2.45, 2.75) is 19.9 Å². The number of anilines is 1. The zero-order valence-corrected chi connectivity index (χ0v) is 12.4. The summed E-state index contributed by atoms with van der Waals surface area (Å²) in [6.45, 7) is 3.89. The molecule has 0 aliphatic rings. The molecule has 0 radical (unpaired) electrons. The number of esters is 1. The monoisotopic (exact) mass is 285 g/mol. The summed E-state index contributed by atoms with van der Waals surface area (Å²) in [4.78, 5) is 11.5. The van der Waals surface area contributed by atoms with Gasteiger partial charge in [0.2, 0.25) is 0 Å².